The number of nitrogens with zero attached hydrogens (tertiary/aromatic N) is 1. The molecule has 124 valence electrons. The molecule has 23 heavy (non-hydrogen) atoms. The molecule has 2 atom stereocenters. The largest absolute Gasteiger partial charge is 0.381 e. The number of nitrogens with one attached hydrogen (secondary N) is 3. The van der Waals surface area contributed by atoms with Gasteiger partial charge in [0.1, 0.15) is 0 Å². The number of imide groups is 1. The summed E-state index contributed by atoms with van der Waals surface area (Å²) in [7, 11) is 0. The van der Waals surface area contributed by atoms with E-state index in [0.29, 0.717) is 6.04 Å². The topological polar surface area (TPSA) is 73.5 Å². The number of carbonyl (C=O) groups excluding carboxylic acids is 2. The number of likely N-dealkylation sites (tertiary alicyclic amines) is 1. The minimum atomic E-state index is -0.373. The van der Waals surface area contributed by atoms with Crippen LogP contribution in [0.15, 0.2) is 30.3 Å². The van der Waals surface area contributed by atoms with E-state index >= 15 is 0 Å². The van der Waals surface area contributed by atoms with Crippen LogP contribution in [0.4, 0.5) is 10.5 Å². The van der Waals surface area contributed by atoms with E-state index in [2.05, 4.69) is 20.9 Å². The first-order valence-electron chi connectivity index (χ1n) is 8.29. The van der Waals surface area contributed by atoms with Crippen LogP contribution in [0.3, 0.4) is 0 Å². The van der Waals surface area contributed by atoms with Crippen LogP contribution in [0, 0.1) is 0 Å². The maximum atomic E-state index is 12.2. The Balaban J connectivity index is 1.45. The second kappa shape index (κ2) is 7.00. The fraction of sp³-hybridized carbons (Fsp3) is 0.529. The predicted octanol–water partition coefficient (Wildman–Crippen LogP) is 1.55. The highest BCUT2D eigenvalue weighted by molar-refractivity contribution is 5.97. The third-order valence-corrected chi connectivity index (χ3v) is 4.44. The summed E-state index contributed by atoms with van der Waals surface area (Å²) in [6.45, 7) is 3.50. The molecule has 0 bridgehead atoms. The molecule has 1 saturated heterocycles. The van der Waals surface area contributed by atoms with Crippen LogP contribution in [0.2, 0.25) is 0 Å². The fourth-order valence-corrected chi connectivity index (χ4v) is 2.86. The van der Waals surface area contributed by atoms with Crippen LogP contribution in [-0.2, 0) is 4.79 Å². The average Bonchev–Trinajstić information content (AvgIpc) is 3.23. The number of urea groups is 1. The number of rotatable bonds is 5. The van der Waals surface area contributed by atoms with Gasteiger partial charge >= 0.3 is 6.03 Å². The Morgan fingerprint density at radius 2 is 1.87 bits per heavy atom. The molecular formula is C17H24N4O2. The Kier molecular flexibility index (Phi) is 4.81. The zero-order valence-corrected chi connectivity index (χ0v) is 13.4. The molecule has 3 amide bonds. The number of anilines is 1. The number of amides is 3. The molecule has 0 spiro atoms. The highest BCUT2D eigenvalue weighted by Crippen LogP contribution is 2.19. The third-order valence-electron chi connectivity index (χ3n) is 4.44. The second-order valence-electron chi connectivity index (χ2n) is 6.40. The van der Waals surface area contributed by atoms with Gasteiger partial charge in [-0.1, -0.05) is 18.2 Å². The summed E-state index contributed by atoms with van der Waals surface area (Å²) < 4.78 is 0. The van der Waals surface area contributed by atoms with E-state index in [9.17, 15) is 9.59 Å². The summed E-state index contributed by atoms with van der Waals surface area (Å²) in [5, 5.41) is 8.70. The molecule has 1 saturated carbocycles. The maximum absolute atomic E-state index is 12.2. The highest BCUT2D eigenvalue weighted by atomic mass is 16.2. The molecule has 2 fully saturated rings. The molecule has 0 aromatic heterocycles. The van der Waals surface area contributed by atoms with Gasteiger partial charge in [-0.3, -0.25) is 15.0 Å². The standard InChI is InChI=1S/C17H24N4O2/c1-12(16(22)20-17(23)19-14-7-8-14)21-10-9-15(11-21)18-13-5-3-2-4-6-13/h2-6,12,14-15,18H,7-11H2,1H3,(H2,19,20,22,23)/t12-,15+/m0/s1. The molecule has 1 aliphatic heterocycles. The van der Waals surface area contributed by atoms with Crippen LogP contribution in [0.1, 0.15) is 26.2 Å². The number of hydrogen-bond donors (Lipinski definition) is 3. The molecule has 3 N–H and O–H groups in total. The van der Waals surface area contributed by atoms with Gasteiger partial charge in [-0.2, -0.15) is 0 Å². The van der Waals surface area contributed by atoms with Gasteiger partial charge in [-0.25, -0.2) is 4.79 Å². The summed E-state index contributed by atoms with van der Waals surface area (Å²) >= 11 is 0. The molecule has 1 aromatic carbocycles. The maximum Gasteiger partial charge on any atom is 0.321 e. The van der Waals surface area contributed by atoms with E-state index in [1.807, 2.05) is 37.3 Å². The molecule has 3 rings (SSSR count). The zero-order valence-electron chi connectivity index (χ0n) is 13.4. The van der Waals surface area contributed by atoms with E-state index in [4.69, 9.17) is 0 Å². The Bertz CT molecular complexity index is 559. The van der Waals surface area contributed by atoms with Crippen molar-refractivity contribution in [2.45, 2.75) is 44.3 Å². The SMILES string of the molecule is C[C@@H](C(=O)NC(=O)NC1CC1)N1CC[C@@H](Nc2ccccc2)C1. The van der Waals surface area contributed by atoms with Crippen molar-refractivity contribution >= 4 is 17.6 Å². The fourth-order valence-electron chi connectivity index (χ4n) is 2.86. The first-order chi connectivity index (χ1) is 11.1. The van der Waals surface area contributed by atoms with Crippen molar-refractivity contribution in [2.75, 3.05) is 18.4 Å². The van der Waals surface area contributed by atoms with E-state index < -0.39 is 0 Å². The van der Waals surface area contributed by atoms with Gasteiger partial charge < -0.3 is 10.6 Å². The van der Waals surface area contributed by atoms with E-state index in [1.54, 1.807) is 0 Å². The lowest BCUT2D eigenvalue weighted by atomic mass is 10.2. The number of benzene rings is 1. The summed E-state index contributed by atoms with van der Waals surface area (Å²) in [4.78, 5) is 25.9. The average molecular weight is 316 g/mol. The van der Waals surface area contributed by atoms with E-state index in [0.717, 1.165) is 38.0 Å². The van der Waals surface area contributed by atoms with Crippen molar-refractivity contribution in [3.8, 4) is 0 Å². The van der Waals surface area contributed by atoms with Crippen LogP contribution in [0.25, 0.3) is 0 Å². The molecule has 1 heterocycles. The van der Waals surface area contributed by atoms with Crippen molar-refractivity contribution in [1.29, 1.82) is 0 Å². The van der Waals surface area contributed by atoms with Crippen LogP contribution < -0.4 is 16.0 Å². The van der Waals surface area contributed by atoms with Crippen molar-refractivity contribution in [3.05, 3.63) is 30.3 Å². The third kappa shape index (κ3) is 4.45. The van der Waals surface area contributed by atoms with E-state index in [1.165, 1.54) is 0 Å². The summed E-state index contributed by atoms with van der Waals surface area (Å²) in [6.07, 6.45) is 3.01. The molecular weight excluding hydrogens is 292 g/mol. The summed E-state index contributed by atoms with van der Waals surface area (Å²) in [5.41, 5.74) is 1.10. The zero-order chi connectivity index (χ0) is 16.2. The van der Waals surface area contributed by atoms with Crippen LogP contribution in [-0.4, -0.2) is 48.1 Å². The number of hydrogen-bond acceptors (Lipinski definition) is 4. The molecule has 6 nitrogen and oxygen atoms in total. The molecule has 1 aromatic rings. The summed E-state index contributed by atoms with van der Waals surface area (Å²) in [6, 6.07) is 9.99. The van der Waals surface area contributed by atoms with Crippen molar-refractivity contribution in [1.82, 2.24) is 15.5 Å². The van der Waals surface area contributed by atoms with Gasteiger partial charge in [-0.05, 0) is 38.3 Å². The van der Waals surface area contributed by atoms with Crippen LogP contribution in [0.5, 0.6) is 0 Å². The second-order valence-corrected chi connectivity index (χ2v) is 6.40. The molecule has 0 unspecified atom stereocenters. The summed E-state index contributed by atoms with van der Waals surface area (Å²) in [5.74, 6) is -0.233. The van der Waals surface area contributed by atoms with Gasteiger partial charge in [0.05, 0.1) is 6.04 Å². The lowest BCUT2D eigenvalue weighted by molar-refractivity contribution is -0.124. The quantitative estimate of drug-likeness (QED) is 0.770. The number of para-hydroxylation sites is 1. The number of carbonyl (C=O) groups is 2. The lowest BCUT2D eigenvalue weighted by Gasteiger charge is -2.23. The molecule has 0 radical (unpaired) electrons. The van der Waals surface area contributed by atoms with Gasteiger partial charge in [0.25, 0.3) is 0 Å². The van der Waals surface area contributed by atoms with Crippen LogP contribution >= 0.6 is 0 Å². The van der Waals surface area contributed by atoms with Gasteiger partial charge in [0.2, 0.25) is 5.91 Å². The van der Waals surface area contributed by atoms with Crippen molar-refractivity contribution in [3.63, 3.8) is 0 Å². The highest BCUT2D eigenvalue weighted by Gasteiger charge is 2.31. The van der Waals surface area contributed by atoms with Crippen molar-refractivity contribution in [2.24, 2.45) is 0 Å². The smallest absolute Gasteiger partial charge is 0.321 e. The Labute approximate surface area is 136 Å². The Morgan fingerprint density at radius 1 is 1.13 bits per heavy atom. The Morgan fingerprint density at radius 3 is 2.57 bits per heavy atom. The molecule has 2 aliphatic rings. The van der Waals surface area contributed by atoms with Crippen molar-refractivity contribution < 1.29 is 9.59 Å². The molecule has 1 aliphatic carbocycles. The van der Waals surface area contributed by atoms with Gasteiger partial charge in [-0.15, -0.1) is 0 Å². The Hall–Kier alpha value is -2.08. The first-order valence-corrected chi connectivity index (χ1v) is 8.29. The minimum absolute atomic E-state index is 0.233. The first kappa shape index (κ1) is 15.8. The normalized spacial score (nSPS) is 22.4. The minimum Gasteiger partial charge on any atom is -0.381 e. The van der Waals surface area contributed by atoms with Gasteiger partial charge in [0.15, 0.2) is 0 Å². The molecule has 6 heteroatoms. The van der Waals surface area contributed by atoms with E-state index in [-0.39, 0.29) is 24.0 Å². The monoisotopic (exact) mass is 316 g/mol. The lowest BCUT2D eigenvalue weighted by Crippen LogP contribution is -2.49. The van der Waals surface area contributed by atoms with Gasteiger partial charge in [0, 0.05) is 30.9 Å². The predicted molar refractivity (Wildman–Crippen MR) is 89.2 cm³/mol.